The minimum absolute atomic E-state index is 0.0809. The van der Waals surface area contributed by atoms with Gasteiger partial charge in [0, 0.05) is 29.2 Å². The van der Waals surface area contributed by atoms with Gasteiger partial charge in [-0.3, -0.25) is 9.40 Å². The number of aromatic amines is 1. The van der Waals surface area contributed by atoms with Crippen LogP contribution in [0.15, 0.2) is 47.5 Å². The van der Waals surface area contributed by atoms with Gasteiger partial charge < -0.3 is 4.98 Å². The highest BCUT2D eigenvalue weighted by Gasteiger charge is 2.23. The van der Waals surface area contributed by atoms with Crippen LogP contribution < -0.4 is 4.72 Å². The molecule has 0 aliphatic carbocycles. The Labute approximate surface area is 153 Å². The number of hydrogen-bond donors (Lipinski definition) is 2. The van der Waals surface area contributed by atoms with E-state index in [0.717, 1.165) is 0 Å². The van der Waals surface area contributed by atoms with Gasteiger partial charge in [0.1, 0.15) is 4.90 Å². The van der Waals surface area contributed by atoms with Crippen LogP contribution in [0.2, 0.25) is 5.02 Å². The van der Waals surface area contributed by atoms with E-state index in [1.807, 2.05) is 0 Å². The molecular weight excluding hydrogens is 374 g/mol. The van der Waals surface area contributed by atoms with Crippen LogP contribution in [-0.2, 0) is 17.1 Å². The summed E-state index contributed by atoms with van der Waals surface area (Å²) in [6.07, 6.45) is 1.40. The predicted octanol–water partition coefficient (Wildman–Crippen LogP) is 3.38. The fourth-order valence-corrected chi connectivity index (χ4v) is 4.31. The highest BCUT2D eigenvalue weighted by atomic mass is 35.5. The Morgan fingerprint density at radius 1 is 1.31 bits per heavy atom. The van der Waals surface area contributed by atoms with Crippen molar-refractivity contribution in [1.82, 2.24) is 14.8 Å². The maximum Gasteiger partial charge on any atom is 0.265 e. The Morgan fingerprint density at radius 3 is 2.88 bits per heavy atom. The Morgan fingerprint density at radius 2 is 2.12 bits per heavy atom. The van der Waals surface area contributed by atoms with Crippen molar-refractivity contribution >= 4 is 49.2 Å². The van der Waals surface area contributed by atoms with Gasteiger partial charge in [-0.25, -0.2) is 8.42 Å². The van der Waals surface area contributed by atoms with Gasteiger partial charge >= 0.3 is 0 Å². The minimum Gasteiger partial charge on any atom is -0.360 e. The van der Waals surface area contributed by atoms with E-state index >= 15 is 0 Å². The van der Waals surface area contributed by atoms with Crippen molar-refractivity contribution in [3.8, 4) is 6.07 Å². The summed E-state index contributed by atoms with van der Waals surface area (Å²) in [6.45, 7) is 0. The summed E-state index contributed by atoms with van der Waals surface area (Å²) in [5, 5.41) is 15.1. The molecule has 130 valence electrons. The van der Waals surface area contributed by atoms with Crippen molar-refractivity contribution in [2.45, 2.75) is 4.90 Å². The first kappa shape index (κ1) is 16.4. The Bertz CT molecular complexity index is 1310. The topological polar surface area (TPSA) is 104 Å². The van der Waals surface area contributed by atoms with Crippen molar-refractivity contribution in [3.63, 3.8) is 0 Å². The molecule has 9 heteroatoms. The minimum atomic E-state index is -3.92. The maximum atomic E-state index is 12.9. The van der Waals surface area contributed by atoms with E-state index in [0.29, 0.717) is 32.4 Å². The summed E-state index contributed by atoms with van der Waals surface area (Å²) in [6, 6.07) is 12.1. The van der Waals surface area contributed by atoms with E-state index in [-0.39, 0.29) is 10.7 Å². The number of nitrogens with one attached hydrogen (secondary N) is 2. The molecule has 2 aromatic heterocycles. The highest BCUT2D eigenvalue weighted by Crippen LogP contribution is 2.30. The Kier molecular flexibility index (Phi) is 3.64. The summed E-state index contributed by atoms with van der Waals surface area (Å²) < 4.78 is 29.9. The standard InChI is InChI=1S/C17H12ClN5O2S/c1-23-14-4-2-3-10(8-19)16(14)17(21-23)22-26(24,25)15-9-20-13-7-11(18)5-6-12(13)15/h2-7,9,20H,1H3,(H,21,22). The summed E-state index contributed by atoms with van der Waals surface area (Å²) >= 11 is 5.95. The van der Waals surface area contributed by atoms with Crippen LogP contribution in [0.4, 0.5) is 5.82 Å². The van der Waals surface area contributed by atoms with E-state index in [1.165, 1.54) is 10.9 Å². The third-order valence-corrected chi connectivity index (χ3v) is 5.74. The molecule has 0 aliphatic rings. The van der Waals surface area contributed by atoms with Crippen LogP contribution >= 0.6 is 11.6 Å². The van der Waals surface area contributed by atoms with Crippen molar-refractivity contribution in [2.75, 3.05) is 4.72 Å². The van der Waals surface area contributed by atoms with Crippen LogP contribution in [0.25, 0.3) is 21.8 Å². The molecule has 4 aromatic rings. The van der Waals surface area contributed by atoms with Gasteiger partial charge in [0.2, 0.25) is 0 Å². The molecule has 2 aromatic carbocycles. The van der Waals surface area contributed by atoms with Crippen molar-refractivity contribution < 1.29 is 8.42 Å². The molecule has 0 fully saturated rings. The molecule has 4 rings (SSSR count). The van der Waals surface area contributed by atoms with Gasteiger partial charge in [-0.1, -0.05) is 17.7 Å². The maximum absolute atomic E-state index is 12.9. The highest BCUT2D eigenvalue weighted by molar-refractivity contribution is 7.93. The molecule has 26 heavy (non-hydrogen) atoms. The van der Waals surface area contributed by atoms with Gasteiger partial charge in [0.05, 0.1) is 22.5 Å². The number of aromatic nitrogens is 3. The molecule has 0 saturated heterocycles. The number of sulfonamides is 1. The molecule has 0 atom stereocenters. The zero-order valence-corrected chi connectivity index (χ0v) is 15.1. The van der Waals surface area contributed by atoms with Crippen molar-refractivity contribution in [2.24, 2.45) is 7.05 Å². The number of H-pyrrole nitrogens is 1. The van der Waals surface area contributed by atoms with Crippen LogP contribution in [0.5, 0.6) is 0 Å². The molecule has 0 aliphatic heterocycles. The monoisotopic (exact) mass is 385 g/mol. The predicted molar refractivity (Wildman–Crippen MR) is 99.5 cm³/mol. The average molecular weight is 386 g/mol. The number of nitriles is 1. The van der Waals surface area contributed by atoms with E-state index < -0.39 is 10.0 Å². The first-order valence-corrected chi connectivity index (χ1v) is 9.42. The fourth-order valence-electron chi connectivity index (χ4n) is 2.95. The lowest BCUT2D eigenvalue weighted by Crippen LogP contribution is -2.13. The third kappa shape index (κ3) is 2.49. The van der Waals surface area contributed by atoms with Gasteiger partial charge in [-0.2, -0.15) is 10.4 Å². The quantitative estimate of drug-likeness (QED) is 0.564. The fraction of sp³-hybridized carbons (Fsp3) is 0.0588. The second kappa shape index (κ2) is 5.76. The lowest BCUT2D eigenvalue weighted by atomic mass is 10.1. The molecule has 0 radical (unpaired) electrons. The largest absolute Gasteiger partial charge is 0.360 e. The number of fused-ring (bicyclic) bond motifs is 2. The van der Waals surface area contributed by atoms with Crippen molar-refractivity contribution in [1.29, 1.82) is 5.26 Å². The molecule has 0 saturated carbocycles. The summed E-state index contributed by atoms with van der Waals surface area (Å²) in [5.74, 6) is 0.114. The zero-order valence-electron chi connectivity index (χ0n) is 13.5. The molecule has 0 unspecified atom stereocenters. The van der Waals surface area contributed by atoms with Crippen LogP contribution in [0.1, 0.15) is 5.56 Å². The van der Waals surface area contributed by atoms with E-state index in [1.54, 1.807) is 43.4 Å². The molecular formula is C17H12ClN5O2S. The second-order valence-corrected chi connectivity index (χ2v) is 7.82. The second-order valence-electron chi connectivity index (χ2n) is 5.73. The summed E-state index contributed by atoms with van der Waals surface area (Å²) in [4.78, 5) is 2.99. The first-order valence-electron chi connectivity index (χ1n) is 7.56. The Balaban J connectivity index is 1.86. The average Bonchev–Trinajstić information content (AvgIpc) is 3.16. The van der Waals surface area contributed by atoms with Gasteiger partial charge in [0.15, 0.2) is 5.82 Å². The number of benzene rings is 2. The number of rotatable bonds is 3. The normalized spacial score (nSPS) is 11.7. The van der Waals surface area contributed by atoms with E-state index in [4.69, 9.17) is 11.6 Å². The SMILES string of the molecule is Cn1nc(NS(=O)(=O)c2c[nH]c3cc(Cl)ccc23)c2c(C#N)cccc21. The molecule has 2 heterocycles. The van der Waals surface area contributed by atoms with Crippen LogP contribution in [0.3, 0.4) is 0 Å². The number of hydrogen-bond acceptors (Lipinski definition) is 4. The lowest BCUT2D eigenvalue weighted by Gasteiger charge is -2.05. The zero-order chi connectivity index (χ0) is 18.5. The number of nitrogens with zero attached hydrogens (tertiary/aromatic N) is 3. The van der Waals surface area contributed by atoms with Gasteiger partial charge in [0.25, 0.3) is 10.0 Å². The third-order valence-electron chi connectivity index (χ3n) is 4.12. The molecule has 2 N–H and O–H groups in total. The van der Waals surface area contributed by atoms with Gasteiger partial charge in [-0.15, -0.1) is 0 Å². The van der Waals surface area contributed by atoms with Crippen molar-refractivity contribution in [3.05, 3.63) is 53.2 Å². The van der Waals surface area contributed by atoms with E-state index in [9.17, 15) is 13.7 Å². The van der Waals surface area contributed by atoms with Crippen LogP contribution in [0, 0.1) is 11.3 Å². The lowest BCUT2D eigenvalue weighted by molar-refractivity contribution is 0.601. The van der Waals surface area contributed by atoms with Gasteiger partial charge in [-0.05, 0) is 30.3 Å². The molecule has 0 spiro atoms. The molecule has 0 amide bonds. The van der Waals surface area contributed by atoms with E-state index in [2.05, 4.69) is 20.9 Å². The smallest absolute Gasteiger partial charge is 0.265 e. The molecule has 7 nitrogen and oxygen atoms in total. The summed E-state index contributed by atoms with van der Waals surface area (Å²) in [5.41, 5.74) is 1.62. The Hall–Kier alpha value is -3.02. The van der Waals surface area contributed by atoms with Crippen LogP contribution in [-0.4, -0.2) is 23.2 Å². The molecule has 0 bridgehead atoms. The number of halogens is 1. The summed E-state index contributed by atoms with van der Waals surface area (Å²) in [7, 11) is -2.23. The first-order chi connectivity index (χ1) is 12.4. The number of aryl methyl sites for hydroxylation is 1. The number of anilines is 1.